The smallest absolute Gasteiger partial charge is 0.358 e. The Balaban J connectivity index is 2.32. The molecule has 0 amide bonds. The minimum Gasteiger partial charge on any atom is -0.476 e. The Bertz CT molecular complexity index is 661. The van der Waals surface area contributed by atoms with E-state index in [0.29, 0.717) is 5.69 Å². The fraction of sp³-hybridized carbons (Fsp3) is 0.500. The predicted molar refractivity (Wildman–Crippen MR) is 71.9 cm³/mol. The van der Waals surface area contributed by atoms with Crippen molar-refractivity contribution in [2.75, 3.05) is 0 Å². The maximum atomic E-state index is 13.0. The molecule has 2 aromatic rings. The van der Waals surface area contributed by atoms with Crippen LogP contribution in [-0.2, 0) is 12.0 Å². The minimum absolute atomic E-state index is 0.0352. The molecule has 0 saturated carbocycles. The molecule has 21 heavy (non-hydrogen) atoms. The summed E-state index contributed by atoms with van der Waals surface area (Å²) in [5.74, 6) is -1.52. The quantitative estimate of drug-likeness (QED) is 0.938. The lowest BCUT2D eigenvalue weighted by Gasteiger charge is -2.13. The van der Waals surface area contributed by atoms with Gasteiger partial charge in [0.25, 0.3) is 6.43 Å². The molecule has 2 rings (SSSR count). The van der Waals surface area contributed by atoms with Crippen molar-refractivity contribution in [1.82, 2.24) is 20.0 Å². The molecule has 0 aliphatic heterocycles. The van der Waals surface area contributed by atoms with Crippen LogP contribution < -0.4 is 0 Å². The van der Waals surface area contributed by atoms with Crippen LogP contribution in [-0.4, -0.2) is 31.1 Å². The fourth-order valence-corrected chi connectivity index (χ4v) is 2.58. The number of aromatic carboxylic acids is 1. The van der Waals surface area contributed by atoms with Crippen molar-refractivity contribution in [3.05, 3.63) is 27.5 Å². The molecule has 0 spiro atoms. The third-order valence-corrected chi connectivity index (χ3v) is 4.00. The van der Waals surface area contributed by atoms with Gasteiger partial charge in [-0.3, -0.25) is 0 Å². The Labute approximate surface area is 123 Å². The van der Waals surface area contributed by atoms with Crippen LogP contribution >= 0.6 is 11.3 Å². The molecule has 114 valence electrons. The van der Waals surface area contributed by atoms with Gasteiger partial charge >= 0.3 is 5.97 Å². The number of thiazole rings is 1. The van der Waals surface area contributed by atoms with Gasteiger partial charge in [0.1, 0.15) is 5.69 Å². The van der Waals surface area contributed by atoms with E-state index in [1.165, 1.54) is 11.3 Å². The summed E-state index contributed by atoms with van der Waals surface area (Å²) in [6, 6.07) is 0. The second kappa shape index (κ2) is 5.47. The van der Waals surface area contributed by atoms with E-state index in [1.807, 2.05) is 20.8 Å². The zero-order valence-electron chi connectivity index (χ0n) is 11.7. The Morgan fingerprint density at radius 2 is 2.14 bits per heavy atom. The number of rotatable bonds is 4. The number of alkyl halides is 2. The number of aromatic nitrogens is 4. The van der Waals surface area contributed by atoms with Crippen LogP contribution in [0.4, 0.5) is 8.78 Å². The van der Waals surface area contributed by atoms with E-state index in [1.54, 1.807) is 5.38 Å². The van der Waals surface area contributed by atoms with Crippen LogP contribution in [0.5, 0.6) is 0 Å². The van der Waals surface area contributed by atoms with E-state index < -0.39 is 23.8 Å². The lowest BCUT2D eigenvalue weighted by atomic mass is 9.98. The van der Waals surface area contributed by atoms with Crippen molar-refractivity contribution in [3.8, 4) is 0 Å². The monoisotopic (exact) mass is 316 g/mol. The lowest BCUT2D eigenvalue weighted by molar-refractivity contribution is 0.0675. The van der Waals surface area contributed by atoms with Gasteiger partial charge in [0.15, 0.2) is 5.69 Å². The van der Waals surface area contributed by atoms with Crippen LogP contribution in [0.3, 0.4) is 0 Å². The number of halogens is 2. The van der Waals surface area contributed by atoms with Gasteiger partial charge in [-0.15, -0.1) is 16.4 Å². The van der Waals surface area contributed by atoms with Gasteiger partial charge in [0.2, 0.25) is 0 Å². The Morgan fingerprint density at radius 3 is 2.62 bits per heavy atom. The van der Waals surface area contributed by atoms with Crippen LogP contribution in [0.15, 0.2) is 5.38 Å². The molecular weight excluding hydrogens is 302 g/mol. The molecule has 2 aromatic heterocycles. The zero-order chi connectivity index (χ0) is 15.8. The molecule has 0 aromatic carbocycles. The normalized spacial score (nSPS) is 12.1. The first-order valence-electron chi connectivity index (χ1n) is 6.10. The van der Waals surface area contributed by atoms with Crippen molar-refractivity contribution in [1.29, 1.82) is 0 Å². The minimum atomic E-state index is -2.97. The molecule has 0 aliphatic carbocycles. The summed E-state index contributed by atoms with van der Waals surface area (Å²) in [5, 5.41) is 18.3. The molecule has 0 saturated heterocycles. The third-order valence-electron chi connectivity index (χ3n) is 2.69. The van der Waals surface area contributed by atoms with E-state index >= 15 is 0 Å². The SMILES string of the molecule is CC(C)(C)c1nc(Cn2nnc(C(=O)O)c2C(F)F)cs1. The van der Waals surface area contributed by atoms with Gasteiger partial charge in [0.05, 0.1) is 17.2 Å². The fourth-order valence-electron chi connectivity index (χ4n) is 1.68. The third kappa shape index (κ3) is 3.23. The van der Waals surface area contributed by atoms with Crippen molar-refractivity contribution in [3.63, 3.8) is 0 Å². The maximum absolute atomic E-state index is 13.0. The van der Waals surface area contributed by atoms with Gasteiger partial charge < -0.3 is 5.11 Å². The largest absolute Gasteiger partial charge is 0.476 e. The van der Waals surface area contributed by atoms with Gasteiger partial charge in [-0.1, -0.05) is 26.0 Å². The topological polar surface area (TPSA) is 80.9 Å². The van der Waals surface area contributed by atoms with Crippen molar-refractivity contribution < 1.29 is 18.7 Å². The van der Waals surface area contributed by atoms with E-state index in [4.69, 9.17) is 5.11 Å². The summed E-state index contributed by atoms with van der Waals surface area (Å²) >= 11 is 1.43. The summed E-state index contributed by atoms with van der Waals surface area (Å²) in [4.78, 5) is 15.2. The van der Waals surface area contributed by atoms with Gasteiger partial charge in [-0.05, 0) is 0 Å². The van der Waals surface area contributed by atoms with Crippen LogP contribution in [0, 0.1) is 0 Å². The molecule has 0 atom stereocenters. The molecule has 0 unspecified atom stereocenters. The number of carboxylic acid groups (broad SMARTS) is 1. The second-order valence-corrected chi connectivity index (χ2v) is 6.34. The number of carboxylic acids is 1. The zero-order valence-corrected chi connectivity index (χ0v) is 12.5. The summed E-state index contributed by atoms with van der Waals surface area (Å²) in [5.41, 5.74) is -1.01. The van der Waals surface area contributed by atoms with Crippen molar-refractivity contribution in [2.45, 2.75) is 39.2 Å². The Morgan fingerprint density at radius 1 is 1.48 bits per heavy atom. The molecule has 2 heterocycles. The van der Waals surface area contributed by atoms with Crippen LogP contribution in [0.25, 0.3) is 0 Å². The van der Waals surface area contributed by atoms with E-state index in [9.17, 15) is 13.6 Å². The number of carbonyl (C=O) groups is 1. The number of nitrogens with zero attached hydrogens (tertiary/aromatic N) is 4. The highest BCUT2D eigenvalue weighted by Gasteiger charge is 2.27. The maximum Gasteiger partial charge on any atom is 0.358 e. The summed E-state index contributed by atoms with van der Waals surface area (Å²) in [6.45, 7) is 5.96. The van der Waals surface area contributed by atoms with E-state index in [0.717, 1.165) is 9.69 Å². The summed E-state index contributed by atoms with van der Waals surface area (Å²) in [7, 11) is 0. The average Bonchev–Trinajstić information content (AvgIpc) is 2.94. The highest BCUT2D eigenvalue weighted by Crippen LogP contribution is 2.27. The first kappa shape index (κ1) is 15.5. The molecule has 0 fully saturated rings. The molecular formula is C12H14F2N4O2S. The molecule has 6 nitrogen and oxygen atoms in total. The average molecular weight is 316 g/mol. The number of hydrogen-bond donors (Lipinski definition) is 1. The Kier molecular flexibility index (Phi) is 4.04. The molecule has 0 bridgehead atoms. The predicted octanol–water partition coefficient (Wildman–Crippen LogP) is 2.72. The van der Waals surface area contributed by atoms with Gasteiger partial charge in [-0.2, -0.15) is 0 Å². The molecule has 1 N–H and O–H groups in total. The second-order valence-electron chi connectivity index (χ2n) is 5.48. The first-order valence-corrected chi connectivity index (χ1v) is 6.98. The van der Waals surface area contributed by atoms with Crippen molar-refractivity contribution >= 4 is 17.3 Å². The Hall–Kier alpha value is -1.90. The van der Waals surface area contributed by atoms with Gasteiger partial charge in [0, 0.05) is 10.8 Å². The van der Waals surface area contributed by atoms with E-state index in [-0.39, 0.29) is 12.0 Å². The highest BCUT2D eigenvalue weighted by atomic mass is 32.1. The van der Waals surface area contributed by atoms with Crippen LogP contribution in [0.1, 0.15) is 54.1 Å². The summed E-state index contributed by atoms with van der Waals surface area (Å²) < 4.78 is 26.9. The number of hydrogen-bond acceptors (Lipinski definition) is 5. The van der Waals surface area contributed by atoms with Crippen LogP contribution in [0.2, 0.25) is 0 Å². The van der Waals surface area contributed by atoms with Crippen molar-refractivity contribution in [2.24, 2.45) is 0 Å². The summed E-state index contributed by atoms with van der Waals surface area (Å²) in [6.07, 6.45) is -2.97. The van der Waals surface area contributed by atoms with Gasteiger partial charge in [-0.25, -0.2) is 23.2 Å². The standard InChI is InChI=1S/C12H14F2N4O2S/c1-12(2,3)11-15-6(5-21-11)4-18-8(9(13)14)7(10(19)20)16-17-18/h5,9H,4H2,1-3H3,(H,19,20). The molecule has 9 heteroatoms. The molecule has 0 radical (unpaired) electrons. The van der Waals surface area contributed by atoms with E-state index in [2.05, 4.69) is 15.3 Å². The highest BCUT2D eigenvalue weighted by molar-refractivity contribution is 7.09. The molecule has 0 aliphatic rings. The first-order chi connectivity index (χ1) is 9.70. The lowest BCUT2D eigenvalue weighted by Crippen LogP contribution is -2.12.